The Morgan fingerprint density at radius 1 is 1.58 bits per heavy atom. The molecule has 0 aliphatic heterocycles. The summed E-state index contributed by atoms with van der Waals surface area (Å²) >= 11 is 0. The molecule has 1 fully saturated rings. The standard InChI is InChI=1S/C10H18O2/c1-3-9(11)7-10(2,12)8-5-4-6-8/h8,12H,3-7H2,1-2H3. The summed E-state index contributed by atoms with van der Waals surface area (Å²) in [7, 11) is 0. The Bertz CT molecular complexity index is 169. The number of hydrogen-bond donors (Lipinski definition) is 1. The van der Waals surface area contributed by atoms with Gasteiger partial charge in [0.1, 0.15) is 5.78 Å². The Morgan fingerprint density at radius 3 is 2.50 bits per heavy atom. The monoisotopic (exact) mass is 170 g/mol. The molecule has 0 aromatic rings. The molecule has 2 nitrogen and oxygen atoms in total. The van der Waals surface area contributed by atoms with E-state index >= 15 is 0 Å². The summed E-state index contributed by atoms with van der Waals surface area (Å²) in [6, 6.07) is 0. The second-order valence-corrected chi connectivity index (χ2v) is 4.05. The van der Waals surface area contributed by atoms with Crippen molar-refractivity contribution in [1.82, 2.24) is 0 Å². The lowest BCUT2D eigenvalue weighted by Crippen LogP contribution is -2.40. The van der Waals surface area contributed by atoms with Crippen LogP contribution in [0, 0.1) is 5.92 Å². The Labute approximate surface area is 74.0 Å². The summed E-state index contributed by atoms with van der Waals surface area (Å²) in [5.74, 6) is 0.542. The fourth-order valence-corrected chi connectivity index (χ4v) is 1.70. The van der Waals surface area contributed by atoms with Crippen LogP contribution in [0.15, 0.2) is 0 Å². The summed E-state index contributed by atoms with van der Waals surface area (Å²) in [6.07, 6.45) is 4.27. The molecule has 0 bridgehead atoms. The predicted octanol–water partition coefficient (Wildman–Crippen LogP) is 1.91. The highest BCUT2D eigenvalue weighted by atomic mass is 16.3. The molecule has 1 rings (SSSR count). The first kappa shape index (κ1) is 9.72. The van der Waals surface area contributed by atoms with E-state index in [1.54, 1.807) is 6.92 Å². The largest absolute Gasteiger partial charge is 0.389 e. The average Bonchev–Trinajstić information content (AvgIpc) is 1.80. The van der Waals surface area contributed by atoms with Crippen LogP contribution in [0.5, 0.6) is 0 Å². The number of carbonyl (C=O) groups excluding carboxylic acids is 1. The van der Waals surface area contributed by atoms with Crippen LogP contribution in [-0.2, 0) is 4.79 Å². The summed E-state index contributed by atoms with van der Waals surface area (Å²) < 4.78 is 0. The molecule has 0 aromatic carbocycles. The van der Waals surface area contributed by atoms with E-state index in [0.717, 1.165) is 12.8 Å². The molecule has 12 heavy (non-hydrogen) atoms. The third-order valence-corrected chi connectivity index (χ3v) is 2.93. The highest BCUT2D eigenvalue weighted by molar-refractivity contribution is 5.79. The molecule has 0 aromatic heterocycles. The van der Waals surface area contributed by atoms with Crippen molar-refractivity contribution in [2.45, 2.75) is 51.6 Å². The van der Waals surface area contributed by atoms with Crippen molar-refractivity contribution in [3.8, 4) is 0 Å². The zero-order chi connectivity index (χ0) is 9.19. The van der Waals surface area contributed by atoms with Gasteiger partial charge in [0.25, 0.3) is 0 Å². The van der Waals surface area contributed by atoms with Gasteiger partial charge in [-0.1, -0.05) is 13.3 Å². The molecule has 1 unspecified atom stereocenters. The predicted molar refractivity (Wildman–Crippen MR) is 47.9 cm³/mol. The molecule has 0 amide bonds. The maximum absolute atomic E-state index is 11.1. The lowest BCUT2D eigenvalue weighted by atomic mass is 9.71. The number of rotatable bonds is 4. The highest BCUT2D eigenvalue weighted by Gasteiger charge is 2.36. The van der Waals surface area contributed by atoms with E-state index in [4.69, 9.17) is 0 Å². The average molecular weight is 170 g/mol. The van der Waals surface area contributed by atoms with Crippen molar-refractivity contribution in [3.05, 3.63) is 0 Å². The van der Waals surface area contributed by atoms with Gasteiger partial charge in [-0.05, 0) is 25.7 Å². The minimum atomic E-state index is -0.731. The van der Waals surface area contributed by atoms with E-state index in [-0.39, 0.29) is 5.78 Å². The van der Waals surface area contributed by atoms with Gasteiger partial charge < -0.3 is 5.11 Å². The van der Waals surface area contributed by atoms with Crippen molar-refractivity contribution < 1.29 is 9.90 Å². The molecule has 0 radical (unpaired) electrons. The van der Waals surface area contributed by atoms with E-state index in [1.807, 2.05) is 6.92 Å². The number of hydrogen-bond acceptors (Lipinski definition) is 2. The fourth-order valence-electron chi connectivity index (χ4n) is 1.70. The summed E-state index contributed by atoms with van der Waals surface area (Å²) in [6.45, 7) is 3.64. The van der Waals surface area contributed by atoms with Crippen molar-refractivity contribution in [2.75, 3.05) is 0 Å². The lowest BCUT2D eigenvalue weighted by molar-refractivity contribution is -0.127. The third kappa shape index (κ3) is 2.07. The number of ketones is 1. The molecule has 1 saturated carbocycles. The van der Waals surface area contributed by atoms with Crippen LogP contribution < -0.4 is 0 Å². The van der Waals surface area contributed by atoms with Gasteiger partial charge in [0, 0.05) is 12.8 Å². The van der Waals surface area contributed by atoms with Crippen LogP contribution >= 0.6 is 0 Å². The molecular formula is C10H18O2. The maximum atomic E-state index is 11.1. The van der Waals surface area contributed by atoms with Crippen molar-refractivity contribution in [1.29, 1.82) is 0 Å². The molecule has 0 heterocycles. The molecule has 2 heteroatoms. The van der Waals surface area contributed by atoms with E-state index in [1.165, 1.54) is 6.42 Å². The number of carbonyl (C=O) groups is 1. The molecule has 1 aliphatic carbocycles. The molecule has 70 valence electrons. The lowest BCUT2D eigenvalue weighted by Gasteiger charge is -2.38. The Kier molecular flexibility index (Phi) is 2.89. The van der Waals surface area contributed by atoms with Crippen LogP contribution in [0.25, 0.3) is 0 Å². The van der Waals surface area contributed by atoms with E-state index in [2.05, 4.69) is 0 Å². The highest BCUT2D eigenvalue weighted by Crippen LogP contribution is 2.37. The van der Waals surface area contributed by atoms with Crippen LogP contribution in [0.3, 0.4) is 0 Å². The number of aliphatic hydroxyl groups is 1. The topological polar surface area (TPSA) is 37.3 Å². The van der Waals surface area contributed by atoms with Crippen LogP contribution in [-0.4, -0.2) is 16.5 Å². The molecule has 0 saturated heterocycles. The van der Waals surface area contributed by atoms with Gasteiger partial charge in [-0.25, -0.2) is 0 Å². The van der Waals surface area contributed by atoms with Gasteiger partial charge in [0.2, 0.25) is 0 Å². The maximum Gasteiger partial charge on any atom is 0.135 e. The van der Waals surface area contributed by atoms with Crippen molar-refractivity contribution in [2.24, 2.45) is 5.92 Å². The van der Waals surface area contributed by atoms with Gasteiger partial charge in [-0.2, -0.15) is 0 Å². The van der Waals surface area contributed by atoms with E-state index in [0.29, 0.717) is 18.8 Å². The minimum Gasteiger partial charge on any atom is -0.389 e. The van der Waals surface area contributed by atoms with Gasteiger partial charge in [0.05, 0.1) is 5.60 Å². The van der Waals surface area contributed by atoms with Crippen LogP contribution in [0.1, 0.15) is 46.0 Å². The van der Waals surface area contributed by atoms with E-state index in [9.17, 15) is 9.90 Å². The Balaban J connectivity index is 2.41. The van der Waals surface area contributed by atoms with Crippen LogP contribution in [0.2, 0.25) is 0 Å². The summed E-state index contributed by atoms with van der Waals surface area (Å²) in [4.78, 5) is 11.1. The third-order valence-electron chi connectivity index (χ3n) is 2.93. The Morgan fingerprint density at radius 2 is 2.17 bits per heavy atom. The number of Topliss-reactive ketones (excluding diaryl/α,β-unsaturated/α-hetero) is 1. The van der Waals surface area contributed by atoms with Gasteiger partial charge in [-0.15, -0.1) is 0 Å². The second-order valence-electron chi connectivity index (χ2n) is 4.05. The van der Waals surface area contributed by atoms with E-state index < -0.39 is 5.60 Å². The van der Waals surface area contributed by atoms with Gasteiger partial charge in [-0.3, -0.25) is 4.79 Å². The van der Waals surface area contributed by atoms with Gasteiger partial charge >= 0.3 is 0 Å². The Hall–Kier alpha value is -0.370. The van der Waals surface area contributed by atoms with Crippen molar-refractivity contribution >= 4 is 5.78 Å². The summed E-state index contributed by atoms with van der Waals surface area (Å²) in [5, 5.41) is 9.91. The quantitative estimate of drug-likeness (QED) is 0.699. The normalized spacial score (nSPS) is 22.9. The first-order valence-electron chi connectivity index (χ1n) is 4.80. The summed E-state index contributed by atoms with van der Waals surface area (Å²) in [5.41, 5.74) is -0.731. The second kappa shape index (κ2) is 3.56. The smallest absolute Gasteiger partial charge is 0.135 e. The zero-order valence-corrected chi connectivity index (χ0v) is 7.97. The molecule has 0 spiro atoms. The minimum absolute atomic E-state index is 0.173. The molecular weight excluding hydrogens is 152 g/mol. The molecule has 1 N–H and O–H groups in total. The fraction of sp³-hybridized carbons (Fsp3) is 0.900. The SMILES string of the molecule is CCC(=O)CC(C)(O)C1CCC1. The van der Waals surface area contributed by atoms with Gasteiger partial charge in [0.15, 0.2) is 0 Å². The zero-order valence-electron chi connectivity index (χ0n) is 7.97. The van der Waals surface area contributed by atoms with Crippen LogP contribution in [0.4, 0.5) is 0 Å². The molecule has 1 atom stereocenters. The molecule has 1 aliphatic rings. The van der Waals surface area contributed by atoms with Crippen molar-refractivity contribution in [3.63, 3.8) is 0 Å². The first-order chi connectivity index (χ1) is 5.56. The first-order valence-corrected chi connectivity index (χ1v) is 4.80.